The smallest absolute Gasteiger partial charge is 0.410 e. The number of benzene rings is 2. The molecule has 2 amide bonds. The van der Waals surface area contributed by atoms with Crippen LogP contribution in [0.5, 0.6) is 0 Å². The molecule has 1 aliphatic rings. The second kappa shape index (κ2) is 10.9. The lowest BCUT2D eigenvalue weighted by Gasteiger charge is -2.18. The van der Waals surface area contributed by atoms with Crippen molar-refractivity contribution in [3.63, 3.8) is 0 Å². The SMILES string of the molecule is Cc1ccc(C)c(C(=O)NCc2ccc(-c3cn([C@@H]4CCN(C(=O)OC(C)C)C4)c4c(=O)[nH]nc(N)c34)cc2)c1. The zero-order valence-electron chi connectivity index (χ0n) is 23.2. The van der Waals surface area contributed by atoms with Crippen molar-refractivity contribution in [2.75, 3.05) is 18.8 Å². The molecule has 2 aromatic carbocycles. The number of fused-ring (bicyclic) bond motifs is 1. The van der Waals surface area contributed by atoms with Crippen molar-refractivity contribution in [3.05, 3.63) is 81.3 Å². The second-order valence-corrected chi connectivity index (χ2v) is 10.6. The Hall–Kier alpha value is -4.60. The van der Waals surface area contributed by atoms with Crippen molar-refractivity contribution >= 4 is 28.7 Å². The Morgan fingerprint density at radius 3 is 2.65 bits per heavy atom. The van der Waals surface area contributed by atoms with Crippen molar-refractivity contribution in [2.45, 2.75) is 52.8 Å². The lowest BCUT2D eigenvalue weighted by Crippen LogP contribution is -2.31. The molecule has 0 spiro atoms. The van der Waals surface area contributed by atoms with Crippen LogP contribution in [0.1, 0.15) is 53.4 Å². The third-order valence-corrected chi connectivity index (χ3v) is 7.29. The maximum atomic E-state index is 12.9. The fourth-order valence-corrected chi connectivity index (χ4v) is 5.21. The van der Waals surface area contributed by atoms with E-state index in [-0.39, 0.29) is 35.5 Å². The molecule has 10 nitrogen and oxygen atoms in total. The standard InChI is InChI=1S/C30H34N6O4/c1-17(2)40-30(39)35-12-11-22(15-35)36-16-24(25-26(36)29(38)34-33-27(25)31)21-9-7-20(8-10-21)14-32-28(37)23-13-18(3)5-6-19(23)4/h5-10,13,16-17,22H,11-12,14-15H2,1-4H3,(H2,31,33)(H,32,37)(H,34,38)/t22-/m1/s1. The van der Waals surface area contributed by atoms with Crippen LogP contribution in [0.15, 0.2) is 53.5 Å². The number of amides is 2. The number of hydrogen-bond donors (Lipinski definition) is 3. The number of aromatic amines is 1. The summed E-state index contributed by atoms with van der Waals surface area (Å²) in [5.74, 6) is 0.108. The molecule has 0 radical (unpaired) electrons. The number of nitrogens with two attached hydrogens (primary N) is 1. The number of hydrogen-bond acceptors (Lipinski definition) is 6. The van der Waals surface area contributed by atoms with E-state index in [1.807, 2.05) is 80.9 Å². The van der Waals surface area contributed by atoms with E-state index in [2.05, 4.69) is 15.5 Å². The van der Waals surface area contributed by atoms with Crippen LogP contribution in [0, 0.1) is 13.8 Å². The molecule has 1 saturated heterocycles. The number of H-pyrrole nitrogens is 1. The zero-order chi connectivity index (χ0) is 28.6. The predicted molar refractivity (Wildman–Crippen MR) is 154 cm³/mol. The van der Waals surface area contributed by atoms with Crippen LogP contribution in [0.4, 0.5) is 10.6 Å². The van der Waals surface area contributed by atoms with Gasteiger partial charge in [0.1, 0.15) is 5.52 Å². The molecule has 5 rings (SSSR count). The largest absolute Gasteiger partial charge is 0.447 e. The lowest BCUT2D eigenvalue weighted by atomic mass is 10.0. The van der Waals surface area contributed by atoms with Crippen molar-refractivity contribution in [3.8, 4) is 11.1 Å². The van der Waals surface area contributed by atoms with Crippen LogP contribution in [0.25, 0.3) is 22.0 Å². The van der Waals surface area contributed by atoms with Gasteiger partial charge < -0.3 is 25.3 Å². The van der Waals surface area contributed by atoms with Crippen LogP contribution in [0.3, 0.4) is 0 Å². The Kier molecular flexibility index (Phi) is 7.34. The highest BCUT2D eigenvalue weighted by atomic mass is 16.6. The van der Waals surface area contributed by atoms with Crippen molar-refractivity contribution in [1.29, 1.82) is 0 Å². The number of carbonyl (C=O) groups is 2. The first kappa shape index (κ1) is 27.0. The van der Waals surface area contributed by atoms with Crippen molar-refractivity contribution < 1.29 is 14.3 Å². The molecule has 0 aliphatic carbocycles. The predicted octanol–water partition coefficient (Wildman–Crippen LogP) is 4.31. The number of likely N-dealkylation sites (tertiary alicyclic amines) is 1. The normalized spacial score (nSPS) is 15.1. The summed E-state index contributed by atoms with van der Waals surface area (Å²) in [6, 6.07) is 13.5. The highest BCUT2D eigenvalue weighted by molar-refractivity contribution is 6.02. The van der Waals surface area contributed by atoms with Gasteiger partial charge in [-0.1, -0.05) is 42.0 Å². The molecule has 4 N–H and O–H groups in total. The number of ether oxygens (including phenoxy) is 1. The first-order chi connectivity index (χ1) is 19.1. The van der Waals surface area contributed by atoms with E-state index in [0.717, 1.165) is 27.8 Å². The van der Waals surface area contributed by atoms with Gasteiger partial charge >= 0.3 is 6.09 Å². The second-order valence-electron chi connectivity index (χ2n) is 10.6. The summed E-state index contributed by atoms with van der Waals surface area (Å²) >= 11 is 0. The molecule has 40 heavy (non-hydrogen) atoms. The Morgan fingerprint density at radius 1 is 1.18 bits per heavy atom. The fraction of sp³-hybridized carbons (Fsp3) is 0.333. The van der Waals surface area contributed by atoms with Crippen LogP contribution in [-0.2, 0) is 11.3 Å². The van der Waals surface area contributed by atoms with Crippen LogP contribution >= 0.6 is 0 Å². The molecule has 1 aliphatic heterocycles. The van der Waals surface area contributed by atoms with Crippen molar-refractivity contribution in [1.82, 2.24) is 25.0 Å². The minimum absolute atomic E-state index is 0.113. The molecule has 10 heteroatoms. The van der Waals surface area contributed by atoms with Gasteiger partial charge in [-0.25, -0.2) is 9.89 Å². The summed E-state index contributed by atoms with van der Waals surface area (Å²) in [7, 11) is 0. The number of rotatable bonds is 6. The topological polar surface area (TPSA) is 135 Å². The molecule has 0 saturated carbocycles. The number of aromatic nitrogens is 3. The summed E-state index contributed by atoms with van der Waals surface area (Å²) in [6.07, 6.45) is 2.03. The number of anilines is 1. The molecule has 1 fully saturated rings. The molecule has 0 bridgehead atoms. The zero-order valence-corrected chi connectivity index (χ0v) is 23.2. The number of carbonyl (C=O) groups excluding carboxylic acids is 2. The van der Waals surface area contributed by atoms with Gasteiger partial charge in [0.05, 0.1) is 17.5 Å². The van der Waals surface area contributed by atoms with E-state index in [1.54, 1.807) is 4.90 Å². The third-order valence-electron chi connectivity index (χ3n) is 7.29. The average molecular weight is 543 g/mol. The molecule has 2 aromatic heterocycles. The summed E-state index contributed by atoms with van der Waals surface area (Å²) in [5, 5.41) is 10.1. The van der Waals surface area contributed by atoms with E-state index < -0.39 is 0 Å². The third kappa shape index (κ3) is 5.29. The summed E-state index contributed by atoms with van der Waals surface area (Å²) in [4.78, 5) is 39.8. The molecule has 0 unspecified atom stereocenters. The molecule has 4 aromatic rings. The van der Waals surface area contributed by atoms with Gasteiger partial charge in [0.25, 0.3) is 11.5 Å². The Bertz CT molecular complexity index is 1640. The van der Waals surface area contributed by atoms with Gasteiger partial charge in [-0.15, -0.1) is 0 Å². The molecule has 1 atom stereocenters. The van der Waals surface area contributed by atoms with Gasteiger partial charge in [0.15, 0.2) is 5.82 Å². The van der Waals surface area contributed by atoms with Crippen molar-refractivity contribution in [2.24, 2.45) is 0 Å². The van der Waals surface area contributed by atoms with E-state index in [9.17, 15) is 14.4 Å². The minimum atomic E-state index is -0.357. The van der Waals surface area contributed by atoms with Gasteiger partial charge in [0, 0.05) is 37.0 Å². The van der Waals surface area contributed by atoms with Crippen LogP contribution in [0.2, 0.25) is 0 Å². The van der Waals surface area contributed by atoms with Gasteiger partial charge in [-0.3, -0.25) is 9.59 Å². The maximum Gasteiger partial charge on any atom is 0.410 e. The average Bonchev–Trinajstić information content (AvgIpc) is 3.57. The highest BCUT2D eigenvalue weighted by Gasteiger charge is 2.31. The Labute approximate surface area is 232 Å². The van der Waals surface area contributed by atoms with Crippen LogP contribution < -0.4 is 16.6 Å². The van der Waals surface area contributed by atoms with Gasteiger partial charge in [-0.05, 0) is 56.9 Å². The highest BCUT2D eigenvalue weighted by Crippen LogP contribution is 2.36. The Balaban J connectivity index is 1.39. The molecule has 3 heterocycles. The number of nitrogen functional groups attached to an aromatic ring is 1. The maximum absolute atomic E-state index is 12.9. The Morgan fingerprint density at radius 2 is 1.93 bits per heavy atom. The van der Waals surface area contributed by atoms with Gasteiger partial charge in [-0.2, -0.15) is 5.10 Å². The lowest BCUT2D eigenvalue weighted by molar-refractivity contribution is 0.0827. The fourth-order valence-electron chi connectivity index (χ4n) is 5.21. The first-order valence-electron chi connectivity index (χ1n) is 13.4. The quantitative estimate of drug-likeness (QED) is 0.332. The van der Waals surface area contributed by atoms with Gasteiger partial charge in [0.2, 0.25) is 0 Å². The molecule has 208 valence electrons. The number of nitrogens with zero attached hydrogens (tertiary/aromatic N) is 3. The van der Waals surface area contributed by atoms with E-state index in [1.165, 1.54) is 0 Å². The van der Waals surface area contributed by atoms with E-state index >= 15 is 0 Å². The first-order valence-corrected chi connectivity index (χ1v) is 13.4. The minimum Gasteiger partial charge on any atom is -0.447 e. The van der Waals surface area contributed by atoms with Crippen LogP contribution in [-0.4, -0.2) is 50.9 Å². The van der Waals surface area contributed by atoms with E-state index in [0.29, 0.717) is 42.5 Å². The van der Waals surface area contributed by atoms with E-state index in [4.69, 9.17) is 10.5 Å². The summed E-state index contributed by atoms with van der Waals surface area (Å²) in [6.45, 7) is 8.86. The molecular weight excluding hydrogens is 508 g/mol. The number of nitrogens with one attached hydrogen (secondary N) is 2. The molecular formula is C30H34N6O4. The summed E-state index contributed by atoms with van der Waals surface area (Å²) < 4.78 is 7.26. The summed E-state index contributed by atoms with van der Waals surface area (Å²) in [5.41, 5.74) is 11.6. The monoisotopic (exact) mass is 542 g/mol. The number of aryl methyl sites for hydroxylation is 2.